The molecule has 2 amide bonds. The molecule has 1 aromatic heterocycles. The summed E-state index contributed by atoms with van der Waals surface area (Å²) in [7, 11) is 3.43. The van der Waals surface area contributed by atoms with E-state index in [9.17, 15) is 9.59 Å². The molecule has 0 aliphatic rings. The van der Waals surface area contributed by atoms with Gasteiger partial charge in [-0.2, -0.15) is 0 Å². The summed E-state index contributed by atoms with van der Waals surface area (Å²) in [6.07, 6.45) is 1.44. The zero-order valence-corrected chi connectivity index (χ0v) is 13.9. The van der Waals surface area contributed by atoms with Crippen LogP contribution < -0.4 is 15.5 Å². The zero-order valence-electron chi connectivity index (χ0n) is 13.0. The van der Waals surface area contributed by atoms with Gasteiger partial charge in [0, 0.05) is 20.1 Å². The average molecular weight is 338 g/mol. The molecule has 0 radical (unpaired) electrons. The lowest BCUT2D eigenvalue weighted by atomic mass is 10.1. The van der Waals surface area contributed by atoms with Crippen LogP contribution in [0.25, 0.3) is 0 Å². The van der Waals surface area contributed by atoms with Gasteiger partial charge in [0.05, 0.1) is 17.5 Å². The molecule has 2 aromatic rings. The van der Waals surface area contributed by atoms with E-state index in [1.54, 1.807) is 43.4 Å². The van der Waals surface area contributed by atoms with E-state index in [1.807, 2.05) is 7.05 Å². The van der Waals surface area contributed by atoms with Crippen molar-refractivity contribution in [3.63, 3.8) is 0 Å². The zero-order chi connectivity index (χ0) is 15.9. The smallest absolute Gasteiger partial charge is 0.293 e. The molecule has 23 heavy (non-hydrogen) atoms. The average Bonchev–Trinajstić information content (AvgIpc) is 3.08. The number of carbonyl (C=O) groups excluding carboxylic acids is 2. The molecule has 6 nitrogen and oxygen atoms in total. The van der Waals surface area contributed by atoms with E-state index in [4.69, 9.17) is 4.42 Å². The van der Waals surface area contributed by atoms with Crippen molar-refractivity contribution in [2.75, 3.05) is 32.1 Å². The van der Waals surface area contributed by atoms with Gasteiger partial charge in [-0.1, -0.05) is 12.1 Å². The van der Waals surface area contributed by atoms with Crippen molar-refractivity contribution in [2.45, 2.75) is 0 Å². The van der Waals surface area contributed by atoms with Gasteiger partial charge in [0.2, 0.25) is 0 Å². The van der Waals surface area contributed by atoms with E-state index in [-0.39, 0.29) is 30.0 Å². The van der Waals surface area contributed by atoms with Gasteiger partial charge in [-0.15, -0.1) is 12.4 Å². The lowest BCUT2D eigenvalue weighted by molar-refractivity contribution is 0.0954. The molecule has 0 saturated carbocycles. The number of hydrogen-bond acceptors (Lipinski definition) is 4. The number of nitrogens with zero attached hydrogens (tertiary/aromatic N) is 1. The van der Waals surface area contributed by atoms with Crippen molar-refractivity contribution in [2.24, 2.45) is 0 Å². The lowest BCUT2D eigenvalue weighted by Gasteiger charge is -2.19. The summed E-state index contributed by atoms with van der Waals surface area (Å²) in [6.45, 7) is 1.19. The largest absolute Gasteiger partial charge is 0.459 e. The highest BCUT2D eigenvalue weighted by Gasteiger charge is 2.20. The van der Waals surface area contributed by atoms with Crippen molar-refractivity contribution >= 4 is 29.9 Å². The number of benzene rings is 1. The third-order valence-electron chi connectivity index (χ3n) is 3.21. The Morgan fingerprint density at radius 2 is 1.87 bits per heavy atom. The van der Waals surface area contributed by atoms with Gasteiger partial charge in [-0.25, -0.2) is 0 Å². The SMILES string of the molecule is CNCCNC(=O)c1ccccc1N(C)C(=O)c1ccco1.Cl. The summed E-state index contributed by atoms with van der Waals surface area (Å²) in [5, 5.41) is 5.76. The van der Waals surface area contributed by atoms with Crippen molar-refractivity contribution in [3.8, 4) is 0 Å². The Bertz CT molecular complexity index is 644. The van der Waals surface area contributed by atoms with Crippen LogP contribution in [0.3, 0.4) is 0 Å². The molecule has 2 rings (SSSR count). The number of furan rings is 1. The molecule has 7 heteroatoms. The van der Waals surface area contributed by atoms with E-state index in [1.165, 1.54) is 11.2 Å². The first-order chi connectivity index (χ1) is 10.6. The second-order valence-electron chi connectivity index (χ2n) is 4.72. The number of likely N-dealkylation sites (N-methyl/N-ethyl adjacent to an activating group) is 1. The minimum Gasteiger partial charge on any atom is -0.459 e. The van der Waals surface area contributed by atoms with E-state index < -0.39 is 0 Å². The Morgan fingerprint density at radius 3 is 2.52 bits per heavy atom. The summed E-state index contributed by atoms with van der Waals surface area (Å²) in [6, 6.07) is 10.2. The standard InChI is InChI=1S/C16H19N3O3.ClH/c1-17-9-10-18-15(20)12-6-3-4-7-13(12)19(2)16(21)14-8-5-11-22-14;/h3-8,11,17H,9-10H2,1-2H3,(H,18,20);1H. The Labute approximate surface area is 141 Å². The fourth-order valence-electron chi connectivity index (χ4n) is 2.03. The highest BCUT2D eigenvalue weighted by molar-refractivity contribution is 6.09. The molecule has 0 aliphatic carbocycles. The highest BCUT2D eigenvalue weighted by atomic mass is 35.5. The van der Waals surface area contributed by atoms with Crippen LogP contribution in [0.2, 0.25) is 0 Å². The van der Waals surface area contributed by atoms with Gasteiger partial charge in [0.1, 0.15) is 0 Å². The van der Waals surface area contributed by atoms with Gasteiger partial charge in [0.15, 0.2) is 5.76 Å². The molecule has 0 saturated heterocycles. The molecular weight excluding hydrogens is 318 g/mol. The molecule has 0 aliphatic heterocycles. The fraction of sp³-hybridized carbons (Fsp3) is 0.250. The molecule has 1 heterocycles. The van der Waals surface area contributed by atoms with E-state index in [2.05, 4.69) is 10.6 Å². The minimum absolute atomic E-state index is 0. The molecule has 124 valence electrons. The summed E-state index contributed by atoms with van der Waals surface area (Å²) in [5.41, 5.74) is 0.979. The molecule has 0 unspecified atom stereocenters. The quantitative estimate of drug-likeness (QED) is 0.790. The molecular formula is C16H20ClN3O3. The molecule has 0 bridgehead atoms. The second kappa shape index (κ2) is 8.97. The second-order valence-corrected chi connectivity index (χ2v) is 4.72. The summed E-state index contributed by atoms with van der Waals surface area (Å²) < 4.78 is 5.12. The van der Waals surface area contributed by atoms with E-state index >= 15 is 0 Å². The van der Waals surface area contributed by atoms with Crippen molar-refractivity contribution < 1.29 is 14.0 Å². The maximum absolute atomic E-state index is 12.3. The van der Waals surface area contributed by atoms with Crippen molar-refractivity contribution in [1.82, 2.24) is 10.6 Å². The first-order valence-electron chi connectivity index (χ1n) is 6.98. The maximum atomic E-state index is 12.3. The van der Waals surface area contributed by atoms with Crippen LogP contribution in [0.5, 0.6) is 0 Å². The van der Waals surface area contributed by atoms with E-state index in [0.29, 0.717) is 24.3 Å². The van der Waals surface area contributed by atoms with Crippen molar-refractivity contribution in [3.05, 3.63) is 54.0 Å². The van der Waals surface area contributed by atoms with Crippen LogP contribution in [-0.2, 0) is 0 Å². The number of para-hydroxylation sites is 1. The fourth-order valence-corrected chi connectivity index (χ4v) is 2.03. The van der Waals surface area contributed by atoms with Crippen LogP contribution in [0.15, 0.2) is 47.1 Å². The number of anilines is 1. The third-order valence-corrected chi connectivity index (χ3v) is 3.21. The number of hydrogen-bond donors (Lipinski definition) is 2. The number of nitrogens with one attached hydrogen (secondary N) is 2. The first kappa shape index (κ1) is 18.7. The van der Waals surface area contributed by atoms with Gasteiger partial charge in [-0.05, 0) is 31.3 Å². The van der Waals surface area contributed by atoms with Crippen LogP contribution in [0, 0.1) is 0 Å². The van der Waals surface area contributed by atoms with Crippen molar-refractivity contribution in [1.29, 1.82) is 0 Å². The maximum Gasteiger partial charge on any atom is 0.293 e. The van der Waals surface area contributed by atoms with Crippen LogP contribution in [-0.4, -0.2) is 39.0 Å². The lowest BCUT2D eigenvalue weighted by Crippen LogP contribution is -2.33. The predicted molar refractivity (Wildman–Crippen MR) is 91.4 cm³/mol. The minimum atomic E-state index is -0.305. The predicted octanol–water partition coefficient (Wildman–Crippen LogP) is 1.93. The summed E-state index contributed by atoms with van der Waals surface area (Å²) >= 11 is 0. The number of carbonyl (C=O) groups is 2. The van der Waals surface area contributed by atoms with Gasteiger partial charge < -0.3 is 20.0 Å². The number of rotatable bonds is 6. The summed E-state index contributed by atoms with van der Waals surface area (Å²) in [4.78, 5) is 26.0. The van der Waals surface area contributed by atoms with Gasteiger partial charge >= 0.3 is 0 Å². The number of halogens is 1. The Hall–Kier alpha value is -2.31. The molecule has 0 spiro atoms. The molecule has 2 N–H and O–H groups in total. The normalized spacial score (nSPS) is 9.83. The molecule has 1 aromatic carbocycles. The van der Waals surface area contributed by atoms with Crippen LogP contribution in [0.1, 0.15) is 20.9 Å². The van der Waals surface area contributed by atoms with Crippen LogP contribution >= 0.6 is 12.4 Å². The Kier molecular flexibility index (Phi) is 7.31. The van der Waals surface area contributed by atoms with E-state index in [0.717, 1.165) is 0 Å². The Morgan fingerprint density at radius 1 is 1.13 bits per heavy atom. The van der Waals surface area contributed by atoms with Gasteiger partial charge in [0.25, 0.3) is 11.8 Å². The van der Waals surface area contributed by atoms with Gasteiger partial charge in [-0.3, -0.25) is 9.59 Å². The monoisotopic (exact) mass is 337 g/mol. The highest BCUT2D eigenvalue weighted by Crippen LogP contribution is 2.21. The molecule has 0 fully saturated rings. The summed E-state index contributed by atoms with van der Waals surface area (Å²) in [5.74, 6) is -0.293. The third kappa shape index (κ3) is 4.58. The Balaban J connectivity index is 0.00000264. The molecule has 0 atom stereocenters. The topological polar surface area (TPSA) is 74.6 Å². The number of amides is 2. The van der Waals surface area contributed by atoms with Crippen LogP contribution in [0.4, 0.5) is 5.69 Å². The first-order valence-corrected chi connectivity index (χ1v) is 6.98.